The van der Waals surface area contributed by atoms with Gasteiger partial charge in [0.05, 0.1) is 30.6 Å². The Morgan fingerprint density at radius 1 is 1.15 bits per heavy atom. The maximum Gasteiger partial charge on any atom is 0.258 e. The zero-order valence-electron chi connectivity index (χ0n) is 19.0. The first-order valence-electron chi connectivity index (χ1n) is 11.2. The summed E-state index contributed by atoms with van der Waals surface area (Å²) in [7, 11) is 1.59. The van der Waals surface area contributed by atoms with Gasteiger partial charge in [0.15, 0.2) is 5.75 Å². The lowest BCUT2D eigenvalue weighted by Crippen LogP contribution is -2.49. The molecule has 0 unspecified atom stereocenters. The number of ether oxygens (including phenoxy) is 1. The van der Waals surface area contributed by atoms with Crippen LogP contribution in [0.3, 0.4) is 0 Å². The molecule has 2 N–H and O–H groups in total. The lowest BCUT2D eigenvalue weighted by Gasteiger charge is -2.34. The van der Waals surface area contributed by atoms with Gasteiger partial charge in [-0.1, -0.05) is 6.07 Å². The van der Waals surface area contributed by atoms with Crippen molar-refractivity contribution in [1.82, 2.24) is 24.8 Å². The van der Waals surface area contributed by atoms with Crippen LogP contribution in [0.15, 0.2) is 35.4 Å². The Kier molecular flexibility index (Phi) is 7.01. The number of carbonyl (C=O) groups is 1. The third-order valence-electron chi connectivity index (χ3n) is 5.75. The number of hydrogen-bond acceptors (Lipinski definition) is 8. The van der Waals surface area contributed by atoms with E-state index in [2.05, 4.69) is 30.2 Å². The Balaban J connectivity index is 1.20. The first kappa shape index (κ1) is 22.5. The van der Waals surface area contributed by atoms with Crippen molar-refractivity contribution in [2.45, 2.75) is 26.2 Å². The van der Waals surface area contributed by atoms with Crippen molar-refractivity contribution in [2.75, 3.05) is 50.1 Å². The molecule has 0 bridgehead atoms. The third kappa shape index (κ3) is 5.39. The van der Waals surface area contributed by atoms with Gasteiger partial charge >= 0.3 is 0 Å². The van der Waals surface area contributed by atoms with E-state index < -0.39 is 0 Å². The fourth-order valence-electron chi connectivity index (χ4n) is 3.93. The molecule has 1 saturated heterocycles. The van der Waals surface area contributed by atoms with Gasteiger partial charge in [-0.25, -0.2) is 15.0 Å². The van der Waals surface area contributed by atoms with Crippen LogP contribution in [0.2, 0.25) is 0 Å². The van der Waals surface area contributed by atoms with Crippen molar-refractivity contribution in [2.24, 2.45) is 0 Å². The SMILES string of the molecule is COc1cnc(N2CCN(C(=O)CCCCNc3cccc4c(=O)[nH]c(C)nc34)CC2)nc1. The zero-order valence-corrected chi connectivity index (χ0v) is 19.0. The number of piperazine rings is 1. The number of hydrogen-bond donors (Lipinski definition) is 2. The number of aromatic amines is 1. The predicted octanol–water partition coefficient (Wildman–Crippen LogP) is 1.96. The van der Waals surface area contributed by atoms with Crippen LogP contribution in [0.25, 0.3) is 10.9 Å². The molecule has 33 heavy (non-hydrogen) atoms. The van der Waals surface area contributed by atoms with E-state index in [1.54, 1.807) is 32.5 Å². The number of aromatic nitrogens is 4. The van der Waals surface area contributed by atoms with Crippen molar-refractivity contribution in [3.8, 4) is 5.75 Å². The normalized spacial score (nSPS) is 13.9. The molecule has 0 atom stereocenters. The summed E-state index contributed by atoms with van der Waals surface area (Å²) in [5.41, 5.74) is 1.38. The number of methoxy groups -OCH3 is 1. The highest BCUT2D eigenvalue weighted by molar-refractivity contribution is 5.89. The van der Waals surface area contributed by atoms with Crippen LogP contribution in [0.5, 0.6) is 5.75 Å². The number of H-pyrrole nitrogens is 1. The van der Waals surface area contributed by atoms with Gasteiger partial charge < -0.3 is 24.8 Å². The fraction of sp³-hybridized carbons (Fsp3) is 0.435. The summed E-state index contributed by atoms with van der Waals surface area (Å²) in [5, 5.41) is 3.93. The topological polar surface area (TPSA) is 116 Å². The molecule has 3 heterocycles. The van der Waals surface area contributed by atoms with Crippen LogP contribution < -0.4 is 20.5 Å². The van der Waals surface area contributed by atoms with E-state index in [0.717, 1.165) is 18.5 Å². The van der Waals surface area contributed by atoms with Gasteiger partial charge in [-0.15, -0.1) is 0 Å². The summed E-state index contributed by atoms with van der Waals surface area (Å²) in [6.07, 6.45) is 5.48. The molecule has 1 aliphatic rings. The summed E-state index contributed by atoms with van der Waals surface area (Å²) in [4.78, 5) is 44.5. The van der Waals surface area contributed by atoms with E-state index in [1.165, 1.54) is 0 Å². The summed E-state index contributed by atoms with van der Waals surface area (Å²) in [6.45, 7) is 5.25. The monoisotopic (exact) mass is 451 g/mol. The smallest absolute Gasteiger partial charge is 0.258 e. The number of para-hydroxylation sites is 1. The average Bonchev–Trinajstić information content (AvgIpc) is 2.84. The second kappa shape index (κ2) is 10.3. The minimum atomic E-state index is -0.134. The Bertz CT molecular complexity index is 1150. The molecule has 10 heteroatoms. The summed E-state index contributed by atoms with van der Waals surface area (Å²) < 4.78 is 5.10. The third-order valence-corrected chi connectivity index (χ3v) is 5.75. The number of rotatable bonds is 8. The molecule has 0 spiro atoms. The Labute approximate surface area is 192 Å². The molecule has 2 aromatic heterocycles. The summed E-state index contributed by atoms with van der Waals surface area (Å²) in [5.74, 6) is 2.06. The van der Waals surface area contributed by atoms with E-state index in [9.17, 15) is 9.59 Å². The van der Waals surface area contributed by atoms with Crippen molar-refractivity contribution < 1.29 is 9.53 Å². The largest absolute Gasteiger partial charge is 0.494 e. The number of anilines is 2. The standard InChI is InChI=1S/C23H29N7O3/c1-16-27-21-18(22(32)28-16)6-5-7-19(21)24-9-4-3-8-20(31)29-10-12-30(13-11-29)23-25-14-17(33-2)15-26-23/h5-7,14-15,24H,3-4,8-13H2,1-2H3,(H,27,28,32). The summed E-state index contributed by atoms with van der Waals surface area (Å²) >= 11 is 0. The minimum Gasteiger partial charge on any atom is -0.494 e. The van der Waals surface area contributed by atoms with E-state index in [0.29, 0.717) is 67.6 Å². The second-order valence-electron chi connectivity index (χ2n) is 8.03. The molecule has 0 aliphatic carbocycles. The van der Waals surface area contributed by atoms with Gasteiger partial charge in [-0.2, -0.15) is 0 Å². The van der Waals surface area contributed by atoms with Crippen LogP contribution >= 0.6 is 0 Å². The Hall–Kier alpha value is -3.69. The van der Waals surface area contributed by atoms with Crippen molar-refractivity contribution in [1.29, 1.82) is 0 Å². The average molecular weight is 452 g/mol. The van der Waals surface area contributed by atoms with Crippen LogP contribution in [-0.4, -0.2) is 70.6 Å². The molecule has 1 fully saturated rings. The molecule has 3 aromatic rings. The number of nitrogens with one attached hydrogen (secondary N) is 2. The minimum absolute atomic E-state index is 0.134. The molecule has 1 aromatic carbocycles. The number of nitrogens with zero attached hydrogens (tertiary/aromatic N) is 5. The number of fused-ring (bicyclic) bond motifs is 1. The first-order chi connectivity index (χ1) is 16.0. The number of carbonyl (C=O) groups excluding carboxylic acids is 1. The van der Waals surface area contributed by atoms with Gasteiger partial charge in [0, 0.05) is 39.1 Å². The zero-order chi connectivity index (χ0) is 23.2. The van der Waals surface area contributed by atoms with Crippen LogP contribution in [0, 0.1) is 6.92 Å². The van der Waals surface area contributed by atoms with Crippen LogP contribution in [-0.2, 0) is 4.79 Å². The quantitative estimate of drug-likeness (QED) is 0.499. The van der Waals surface area contributed by atoms with Gasteiger partial charge in [-0.3, -0.25) is 9.59 Å². The summed E-state index contributed by atoms with van der Waals surface area (Å²) in [6, 6.07) is 5.54. The number of aryl methyl sites for hydroxylation is 1. The molecule has 0 saturated carbocycles. The van der Waals surface area contributed by atoms with E-state index >= 15 is 0 Å². The fourth-order valence-corrected chi connectivity index (χ4v) is 3.93. The lowest BCUT2D eigenvalue weighted by atomic mass is 10.2. The molecule has 1 amide bonds. The first-order valence-corrected chi connectivity index (χ1v) is 11.2. The van der Waals surface area contributed by atoms with Crippen molar-refractivity contribution >= 4 is 28.4 Å². The molecule has 0 radical (unpaired) electrons. The van der Waals surface area contributed by atoms with E-state index in [4.69, 9.17) is 4.74 Å². The van der Waals surface area contributed by atoms with Gasteiger partial charge in [0.1, 0.15) is 11.3 Å². The highest BCUT2D eigenvalue weighted by Gasteiger charge is 2.22. The molecule has 4 rings (SSSR count). The van der Waals surface area contributed by atoms with E-state index in [1.807, 2.05) is 17.0 Å². The molecule has 1 aliphatic heterocycles. The number of unbranched alkanes of at least 4 members (excludes halogenated alkanes) is 1. The second-order valence-corrected chi connectivity index (χ2v) is 8.03. The predicted molar refractivity (Wildman–Crippen MR) is 127 cm³/mol. The lowest BCUT2D eigenvalue weighted by molar-refractivity contribution is -0.131. The van der Waals surface area contributed by atoms with Gasteiger partial charge in [0.25, 0.3) is 5.56 Å². The highest BCUT2D eigenvalue weighted by Crippen LogP contribution is 2.19. The molecular formula is C23H29N7O3. The molecule has 174 valence electrons. The molecule has 10 nitrogen and oxygen atoms in total. The molecular weight excluding hydrogens is 422 g/mol. The number of amides is 1. The number of benzene rings is 1. The van der Waals surface area contributed by atoms with Crippen LogP contribution in [0.1, 0.15) is 25.1 Å². The maximum atomic E-state index is 12.6. The maximum absolute atomic E-state index is 12.6. The Morgan fingerprint density at radius 2 is 1.91 bits per heavy atom. The van der Waals surface area contributed by atoms with Crippen molar-refractivity contribution in [3.05, 3.63) is 46.8 Å². The van der Waals surface area contributed by atoms with Crippen molar-refractivity contribution in [3.63, 3.8) is 0 Å². The highest BCUT2D eigenvalue weighted by atomic mass is 16.5. The van der Waals surface area contributed by atoms with Gasteiger partial charge in [0.2, 0.25) is 11.9 Å². The van der Waals surface area contributed by atoms with E-state index in [-0.39, 0.29) is 11.5 Å². The Morgan fingerprint density at radius 3 is 2.64 bits per heavy atom. The van der Waals surface area contributed by atoms with Gasteiger partial charge in [-0.05, 0) is 31.9 Å². The van der Waals surface area contributed by atoms with Crippen LogP contribution in [0.4, 0.5) is 11.6 Å².